The highest BCUT2D eigenvalue weighted by Gasteiger charge is 2.02. The minimum atomic E-state index is 0.428. The van der Waals surface area contributed by atoms with E-state index in [-0.39, 0.29) is 0 Å². The molecule has 1 aromatic carbocycles. The summed E-state index contributed by atoms with van der Waals surface area (Å²) in [5.41, 5.74) is 2.24. The Morgan fingerprint density at radius 2 is 2.14 bits per heavy atom. The summed E-state index contributed by atoms with van der Waals surface area (Å²) in [4.78, 5) is 4.17. The molecule has 0 fully saturated rings. The van der Waals surface area contributed by atoms with Gasteiger partial charge in [0.25, 0.3) is 0 Å². The lowest BCUT2D eigenvalue weighted by Gasteiger charge is -2.01. The second kappa shape index (κ2) is 3.28. The Bertz CT molecular complexity index is 541. The van der Waals surface area contributed by atoms with Crippen LogP contribution in [0.4, 0.5) is 0 Å². The lowest BCUT2D eigenvalue weighted by atomic mass is 10.1. The van der Waals surface area contributed by atoms with E-state index in [2.05, 4.69) is 4.98 Å². The number of halogens is 1. The average Bonchev–Trinajstić information content (AvgIpc) is 2.16. The molecule has 0 aliphatic carbocycles. The maximum Gasteiger partial charge on any atom is 0.141 e. The number of nitriles is 1. The summed E-state index contributed by atoms with van der Waals surface area (Å²) in [5, 5.41) is 10.4. The minimum Gasteiger partial charge on any atom is -0.237 e. The van der Waals surface area contributed by atoms with Crippen molar-refractivity contribution >= 4 is 22.5 Å². The van der Waals surface area contributed by atoms with Crippen molar-refractivity contribution in [3.05, 3.63) is 40.5 Å². The first-order valence-electron chi connectivity index (χ1n) is 4.18. The van der Waals surface area contributed by atoms with Gasteiger partial charge in [-0.25, -0.2) is 4.98 Å². The van der Waals surface area contributed by atoms with Gasteiger partial charge in [0.05, 0.1) is 5.52 Å². The van der Waals surface area contributed by atoms with Gasteiger partial charge in [-0.1, -0.05) is 17.7 Å². The predicted octanol–water partition coefficient (Wildman–Crippen LogP) is 3.07. The summed E-state index contributed by atoms with van der Waals surface area (Å²) in [6.45, 7) is 1.96. The molecule has 0 radical (unpaired) electrons. The summed E-state index contributed by atoms with van der Waals surface area (Å²) < 4.78 is 0. The van der Waals surface area contributed by atoms with E-state index in [1.807, 2.05) is 25.1 Å². The highest BCUT2D eigenvalue weighted by atomic mass is 35.5. The summed E-state index contributed by atoms with van der Waals surface area (Å²) in [6, 6.07) is 9.31. The molecule has 0 aliphatic heterocycles. The molecule has 0 saturated heterocycles. The van der Waals surface area contributed by atoms with E-state index in [1.165, 1.54) is 0 Å². The fourth-order valence-corrected chi connectivity index (χ4v) is 1.60. The van der Waals surface area contributed by atoms with Gasteiger partial charge in [-0.15, -0.1) is 0 Å². The third kappa shape index (κ3) is 1.43. The maximum absolute atomic E-state index is 8.75. The van der Waals surface area contributed by atoms with E-state index in [1.54, 1.807) is 12.1 Å². The van der Waals surface area contributed by atoms with Crippen molar-refractivity contribution in [3.63, 3.8) is 0 Å². The number of fused-ring (bicyclic) bond motifs is 1. The predicted molar refractivity (Wildman–Crippen MR) is 56.2 cm³/mol. The number of aromatic nitrogens is 1. The topological polar surface area (TPSA) is 36.7 Å². The van der Waals surface area contributed by atoms with Gasteiger partial charge >= 0.3 is 0 Å². The molecule has 68 valence electrons. The van der Waals surface area contributed by atoms with Crippen molar-refractivity contribution in [1.29, 1.82) is 5.26 Å². The Balaban J connectivity index is 2.85. The molecule has 0 spiro atoms. The fraction of sp³-hybridized carbons (Fsp3) is 0.0909. The van der Waals surface area contributed by atoms with Crippen molar-refractivity contribution in [2.24, 2.45) is 0 Å². The first-order valence-corrected chi connectivity index (χ1v) is 4.55. The quantitative estimate of drug-likeness (QED) is 0.658. The van der Waals surface area contributed by atoms with E-state index >= 15 is 0 Å². The van der Waals surface area contributed by atoms with Crippen LogP contribution in [0.15, 0.2) is 24.3 Å². The Labute approximate surface area is 86.8 Å². The largest absolute Gasteiger partial charge is 0.237 e. The van der Waals surface area contributed by atoms with Crippen molar-refractivity contribution in [3.8, 4) is 6.07 Å². The molecule has 0 unspecified atom stereocenters. The Hall–Kier alpha value is -1.59. The molecule has 0 bridgehead atoms. The lowest BCUT2D eigenvalue weighted by Crippen LogP contribution is -1.87. The summed E-state index contributed by atoms with van der Waals surface area (Å²) in [6.07, 6.45) is 0. The van der Waals surface area contributed by atoms with Gasteiger partial charge in [0, 0.05) is 10.4 Å². The minimum absolute atomic E-state index is 0.428. The van der Waals surface area contributed by atoms with Crippen LogP contribution in [-0.2, 0) is 0 Å². The normalized spacial score (nSPS) is 10.1. The third-order valence-corrected chi connectivity index (χ3v) is 2.33. The number of pyridine rings is 1. The number of hydrogen-bond donors (Lipinski definition) is 0. The van der Waals surface area contributed by atoms with Crippen LogP contribution in [0, 0.1) is 18.3 Å². The molecule has 2 aromatic rings. The molecule has 0 N–H and O–H groups in total. The second-order valence-corrected chi connectivity index (χ2v) is 3.53. The number of nitrogens with zero attached hydrogens (tertiary/aromatic N) is 2. The van der Waals surface area contributed by atoms with Gasteiger partial charge in [0.2, 0.25) is 0 Å². The third-order valence-electron chi connectivity index (χ3n) is 2.09. The van der Waals surface area contributed by atoms with Crippen molar-refractivity contribution in [1.82, 2.24) is 4.98 Å². The molecule has 0 amide bonds. The molecule has 1 heterocycles. The van der Waals surface area contributed by atoms with Gasteiger partial charge in [0.1, 0.15) is 11.8 Å². The van der Waals surface area contributed by atoms with Gasteiger partial charge in [0.15, 0.2) is 0 Å². The van der Waals surface area contributed by atoms with Gasteiger partial charge in [-0.05, 0) is 30.7 Å². The van der Waals surface area contributed by atoms with Crippen LogP contribution in [0.25, 0.3) is 10.9 Å². The standard InChI is InChI=1S/C11H7ClN2/c1-7-4-9(6-13)14-11-5-8(12)2-3-10(7)11/h2-5H,1H3. The van der Waals surface area contributed by atoms with Crippen molar-refractivity contribution in [2.75, 3.05) is 0 Å². The number of hydrogen-bond acceptors (Lipinski definition) is 2. The summed E-state index contributed by atoms with van der Waals surface area (Å²) in [5.74, 6) is 0. The molecule has 1 aromatic heterocycles. The van der Waals surface area contributed by atoms with Crippen LogP contribution in [0.5, 0.6) is 0 Å². The smallest absolute Gasteiger partial charge is 0.141 e. The van der Waals surface area contributed by atoms with E-state index in [0.29, 0.717) is 10.7 Å². The van der Waals surface area contributed by atoms with Crippen molar-refractivity contribution < 1.29 is 0 Å². The molecule has 2 rings (SSSR count). The Morgan fingerprint density at radius 1 is 1.36 bits per heavy atom. The van der Waals surface area contributed by atoms with Crippen LogP contribution in [0.2, 0.25) is 5.02 Å². The van der Waals surface area contributed by atoms with E-state index < -0.39 is 0 Å². The SMILES string of the molecule is Cc1cc(C#N)nc2cc(Cl)ccc12. The van der Waals surface area contributed by atoms with Crippen LogP contribution < -0.4 is 0 Å². The van der Waals surface area contributed by atoms with Crippen LogP contribution in [0.3, 0.4) is 0 Å². The van der Waals surface area contributed by atoms with Gasteiger partial charge < -0.3 is 0 Å². The zero-order valence-electron chi connectivity index (χ0n) is 7.58. The lowest BCUT2D eigenvalue weighted by molar-refractivity contribution is 1.30. The molecular formula is C11H7ClN2. The number of rotatable bonds is 0. The van der Waals surface area contributed by atoms with Gasteiger partial charge in [-0.2, -0.15) is 5.26 Å². The summed E-state index contributed by atoms with van der Waals surface area (Å²) >= 11 is 5.84. The molecule has 0 saturated carbocycles. The number of benzene rings is 1. The van der Waals surface area contributed by atoms with E-state index in [0.717, 1.165) is 16.5 Å². The second-order valence-electron chi connectivity index (χ2n) is 3.10. The Morgan fingerprint density at radius 3 is 2.86 bits per heavy atom. The van der Waals surface area contributed by atoms with Crippen LogP contribution >= 0.6 is 11.6 Å². The molecule has 3 heteroatoms. The van der Waals surface area contributed by atoms with Gasteiger partial charge in [-0.3, -0.25) is 0 Å². The van der Waals surface area contributed by atoms with E-state index in [9.17, 15) is 0 Å². The highest BCUT2D eigenvalue weighted by molar-refractivity contribution is 6.31. The summed E-state index contributed by atoms with van der Waals surface area (Å²) in [7, 11) is 0. The van der Waals surface area contributed by atoms with Crippen molar-refractivity contribution in [2.45, 2.75) is 6.92 Å². The Kier molecular flexibility index (Phi) is 2.11. The highest BCUT2D eigenvalue weighted by Crippen LogP contribution is 2.21. The molecule has 0 aliphatic rings. The zero-order valence-corrected chi connectivity index (χ0v) is 8.34. The molecule has 14 heavy (non-hydrogen) atoms. The van der Waals surface area contributed by atoms with Crippen LogP contribution in [0.1, 0.15) is 11.3 Å². The van der Waals surface area contributed by atoms with Crippen LogP contribution in [-0.4, -0.2) is 4.98 Å². The molecule has 0 atom stereocenters. The van der Waals surface area contributed by atoms with E-state index in [4.69, 9.17) is 16.9 Å². The molecule has 2 nitrogen and oxygen atoms in total. The fourth-order valence-electron chi connectivity index (χ4n) is 1.43. The first kappa shape index (κ1) is 8.98. The maximum atomic E-state index is 8.75. The number of aryl methyl sites for hydroxylation is 1. The zero-order chi connectivity index (χ0) is 10.1. The molecular weight excluding hydrogens is 196 g/mol. The first-order chi connectivity index (χ1) is 6.70. The monoisotopic (exact) mass is 202 g/mol. The average molecular weight is 203 g/mol.